The molecule has 0 unspecified atom stereocenters. The quantitative estimate of drug-likeness (QED) is 0.759. The van der Waals surface area contributed by atoms with E-state index in [2.05, 4.69) is 41.8 Å². The minimum absolute atomic E-state index is 0.0102. The molecule has 2 rings (SSSR count). The molecule has 2 aromatic heterocycles. The first kappa shape index (κ1) is 6.73. The summed E-state index contributed by atoms with van der Waals surface area (Å²) in [4.78, 5) is 7.86. The molecule has 66 valence electrons. The summed E-state index contributed by atoms with van der Waals surface area (Å²) in [5.41, 5.74) is 0.645. The van der Waals surface area contributed by atoms with Gasteiger partial charge in [0, 0.05) is 6.17 Å². The van der Waals surface area contributed by atoms with Crippen molar-refractivity contribution in [1.29, 1.82) is 0 Å². The second-order valence-corrected chi connectivity index (χ2v) is 3.85. The molecule has 0 fully saturated rings. The highest BCUT2D eigenvalue weighted by atomic mass is 79.9. The van der Waals surface area contributed by atoms with Gasteiger partial charge >= 0.3 is 0 Å². The van der Waals surface area contributed by atoms with Crippen LogP contribution in [0.1, 0.15) is 2.74 Å². The summed E-state index contributed by atoms with van der Waals surface area (Å²) in [6.07, 6.45) is 1.73. The van der Waals surface area contributed by atoms with Gasteiger partial charge in [0.1, 0.15) is 16.9 Å². The van der Waals surface area contributed by atoms with E-state index in [1.807, 2.05) is 0 Å². The van der Waals surface area contributed by atoms with Crippen molar-refractivity contribution in [1.82, 2.24) is 14.5 Å². The maximum Gasteiger partial charge on any atom is 0.124 e. The van der Waals surface area contributed by atoms with E-state index < -0.39 is 0 Å². The summed E-state index contributed by atoms with van der Waals surface area (Å²) in [5.74, 6) is 0. The number of halogens is 2. The standard InChI is InChI=1S/C8H5Br2N3/c9-7-2-1-6(3-11-7)13-4-8(10)12-5-13/h1-5H/i4D,5D. The van der Waals surface area contributed by atoms with Gasteiger partial charge in [0.2, 0.25) is 0 Å². The van der Waals surface area contributed by atoms with Crippen LogP contribution >= 0.6 is 31.9 Å². The van der Waals surface area contributed by atoms with Crippen LogP contribution in [0.3, 0.4) is 0 Å². The Morgan fingerprint density at radius 1 is 1.23 bits per heavy atom. The van der Waals surface area contributed by atoms with Crippen LogP contribution in [0.15, 0.2) is 40.0 Å². The van der Waals surface area contributed by atoms with Gasteiger partial charge in [-0.25, -0.2) is 9.97 Å². The molecule has 0 aliphatic carbocycles. The Kier molecular flexibility index (Phi) is 1.86. The molecule has 0 bridgehead atoms. The number of hydrogen-bond acceptors (Lipinski definition) is 2. The zero-order valence-electron chi connectivity index (χ0n) is 8.33. The highest BCUT2D eigenvalue weighted by molar-refractivity contribution is 9.10. The Hall–Kier alpha value is -0.680. The summed E-state index contributed by atoms with van der Waals surface area (Å²) < 4.78 is 17.7. The third-order valence-corrected chi connectivity index (χ3v) is 2.25. The fourth-order valence-electron chi connectivity index (χ4n) is 0.859. The van der Waals surface area contributed by atoms with Gasteiger partial charge in [-0.1, -0.05) is 0 Å². The van der Waals surface area contributed by atoms with E-state index >= 15 is 0 Å². The van der Waals surface area contributed by atoms with E-state index in [0.29, 0.717) is 14.9 Å². The van der Waals surface area contributed by atoms with E-state index in [1.54, 1.807) is 18.3 Å². The van der Waals surface area contributed by atoms with Crippen molar-refractivity contribution in [2.45, 2.75) is 0 Å². The van der Waals surface area contributed by atoms with E-state index in [9.17, 15) is 0 Å². The molecule has 2 aromatic rings. The monoisotopic (exact) mass is 303 g/mol. The predicted molar refractivity (Wildman–Crippen MR) is 56.8 cm³/mol. The maximum absolute atomic E-state index is 7.70. The lowest BCUT2D eigenvalue weighted by atomic mass is 10.4. The number of aromatic nitrogens is 3. The summed E-state index contributed by atoms with van der Waals surface area (Å²) in [7, 11) is 0. The van der Waals surface area contributed by atoms with Crippen molar-refractivity contribution < 1.29 is 2.74 Å². The normalized spacial score (nSPS) is 12.5. The van der Waals surface area contributed by atoms with Gasteiger partial charge in [-0.2, -0.15) is 0 Å². The van der Waals surface area contributed by atoms with Gasteiger partial charge in [-0.3, -0.25) is 0 Å². The van der Waals surface area contributed by atoms with Gasteiger partial charge in [0.05, 0.1) is 13.3 Å². The summed E-state index contributed by atoms with van der Waals surface area (Å²) in [6, 6.07) is 3.52. The van der Waals surface area contributed by atoms with Gasteiger partial charge in [0.15, 0.2) is 0 Å². The lowest BCUT2D eigenvalue weighted by Crippen LogP contribution is -1.90. The number of imidazole rings is 1. The maximum atomic E-state index is 7.70. The molecule has 0 aromatic carbocycles. The lowest BCUT2D eigenvalue weighted by Gasteiger charge is -1.99. The minimum Gasteiger partial charge on any atom is -0.304 e. The Morgan fingerprint density at radius 3 is 2.62 bits per heavy atom. The van der Waals surface area contributed by atoms with Crippen molar-refractivity contribution >= 4 is 31.9 Å². The molecule has 0 aliphatic heterocycles. The first-order chi connectivity index (χ1) is 7.09. The van der Waals surface area contributed by atoms with Crippen LogP contribution in [0.5, 0.6) is 0 Å². The van der Waals surface area contributed by atoms with Crippen LogP contribution in [0.4, 0.5) is 0 Å². The van der Waals surface area contributed by atoms with E-state index in [1.165, 1.54) is 4.57 Å². The molecule has 0 radical (unpaired) electrons. The molecule has 5 heteroatoms. The summed E-state index contributed by atoms with van der Waals surface area (Å²) >= 11 is 6.33. The third kappa shape index (κ3) is 1.97. The van der Waals surface area contributed by atoms with Crippen molar-refractivity contribution in [2.24, 2.45) is 0 Å². The van der Waals surface area contributed by atoms with Crippen LogP contribution in [-0.2, 0) is 0 Å². The van der Waals surface area contributed by atoms with Crippen molar-refractivity contribution in [3.63, 3.8) is 0 Å². The first-order valence-electron chi connectivity index (χ1n) is 4.43. The fourth-order valence-corrected chi connectivity index (χ4v) is 1.35. The first-order valence-corrected chi connectivity index (χ1v) is 5.01. The highest BCUT2D eigenvalue weighted by Gasteiger charge is 1.97. The van der Waals surface area contributed by atoms with Crippen LogP contribution in [0, 0.1) is 0 Å². The average Bonchev–Trinajstić information content (AvgIpc) is 2.44. The molecule has 13 heavy (non-hydrogen) atoms. The van der Waals surface area contributed by atoms with Crippen LogP contribution in [0.2, 0.25) is 0 Å². The zero-order chi connectivity index (χ0) is 11.0. The molecule has 2 heterocycles. The topological polar surface area (TPSA) is 30.7 Å². The Balaban J connectivity index is 2.58. The SMILES string of the molecule is [2H]c1nc(Br)c([2H])n1-c1ccc(Br)nc1. The van der Waals surface area contributed by atoms with Crippen molar-refractivity contribution in [3.05, 3.63) is 40.0 Å². The summed E-state index contributed by atoms with van der Waals surface area (Å²) in [6.45, 7) is 0. The third-order valence-electron chi connectivity index (χ3n) is 1.42. The molecule has 0 N–H and O–H groups in total. The van der Waals surface area contributed by atoms with Crippen LogP contribution in [0.25, 0.3) is 5.69 Å². The van der Waals surface area contributed by atoms with Gasteiger partial charge < -0.3 is 4.57 Å². The van der Waals surface area contributed by atoms with Gasteiger partial charge in [-0.05, 0) is 44.0 Å². The minimum atomic E-state index is 0.0102. The smallest absolute Gasteiger partial charge is 0.124 e. The van der Waals surface area contributed by atoms with Gasteiger partial charge in [0.25, 0.3) is 0 Å². The Bertz CT molecular complexity index is 495. The predicted octanol–water partition coefficient (Wildman–Crippen LogP) is 2.79. The molecular weight excluding hydrogens is 298 g/mol. The zero-order valence-corrected chi connectivity index (χ0v) is 9.50. The van der Waals surface area contributed by atoms with Crippen LogP contribution in [-0.4, -0.2) is 14.5 Å². The van der Waals surface area contributed by atoms with E-state index in [-0.39, 0.29) is 12.5 Å². The largest absolute Gasteiger partial charge is 0.304 e. The number of nitrogens with zero attached hydrogens (tertiary/aromatic N) is 3. The summed E-state index contributed by atoms with van der Waals surface area (Å²) in [5, 5.41) is 0. The number of pyridine rings is 1. The molecule has 0 saturated heterocycles. The molecule has 0 amide bonds. The number of rotatable bonds is 1. The highest BCUT2D eigenvalue weighted by Crippen LogP contribution is 2.13. The van der Waals surface area contributed by atoms with Crippen LogP contribution < -0.4 is 0 Å². The Morgan fingerprint density at radius 2 is 2.08 bits per heavy atom. The molecule has 3 nitrogen and oxygen atoms in total. The molecule has 0 saturated carbocycles. The van der Waals surface area contributed by atoms with Crippen molar-refractivity contribution in [3.8, 4) is 5.69 Å². The van der Waals surface area contributed by atoms with E-state index in [0.717, 1.165) is 0 Å². The second kappa shape index (κ2) is 3.59. The van der Waals surface area contributed by atoms with E-state index in [4.69, 9.17) is 2.74 Å². The second-order valence-electron chi connectivity index (χ2n) is 2.29. The van der Waals surface area contributed by atoms with Crippen molar-refractivity contribution in [2.75, 3.05) is 0 Å². The molecular formula is C8H5Br2N3. The average molecular weight is 305 g/mol. The molecule has 0 spiro atoms. The Labute approximate surface area is 94.9 Å². The number of hydrogen-bond donors (Lipinski definition) is 0. The lowest BCUT2D eigenvalue weighted by molar-refractivity contribution is 1.03. The molecule has 0 aliphatic rings. The fraction of sp³-hybridized carbons (Fsp3) is 0. The molecule has 0 atom stereocenters. The van der Waals surface area contributed by atoms with Gasteiger partial charge in [-0.15, -0.1) is 0 Å².